The van der Waals surface area contributed by atoms with E-state index in [1.165, 1.54) is 29.0 Å². The number of halogens is 4. The molecule has 2 aromatic heterocycles. The largest absolute Gasteiger partial charge is 0.455 e. The summed E-state index contributed by atoms with van der Waals surface area (Å²) in [6.45, 7) is 4.53. The number of pyridine rings is 1. The van der Waals surface area contributed by atoms with Crippen molar-refractivity contribution in [1.29, 1.82) is 0 Å². The SMILES string of the molecule is CS(C)(C)CCOCn1cc(C(F)(F)F)c2c(Oc3ccc(NC(=O)NCCN4CCOCC4)cc3Cl)ccnc21. The molecule has 0 radical (unpaired) electrons. The predicted octanol–water partition coefficient (Wildman–Crippen LogP) is 5.62. The third-order valence-electron chi connectivity index (χ3n) is 6.32. The Morgan fingerprint density at radius 3 is 2.61 bits per heavy atom. The second-order valence-electron chi connectivity index (χ2n) is 10.4. The van der Waals surface area contributed by atoms with E-state index >= 15 is 0 Å². The Kier molecular flexibility index (Phi) is 10.3. The first-order valence-corrected chi connectivity index (χ1v) is 16.4. The molecule has 3 heterocycles. The Morgan fingerprint density at radius 1 is 1.17 bits per heavy atom. The molecule has 14 heteroatoms. The number of amides is 2. The molecule has 1 saturated heterocycles. The monoisotopic (exact) mass is 617 g/mol. The molecule has 1 aliphatic heterocycles. The highest BCUT2D eigenvalue weighted by Gasteiger charge is 2.36. The minimum absolute atomic E-state index is 0.0522. The summed E-state index contributed by atoms with van der Waals surface area (Å²) < 4.78 is 60.3. The van der Waals surface area contributed by atoms with E-state index in [1.807, 2.05) is 0 Å². The molecule has 0 spiro atoms. The van der Waals surface area contributed by atoms with Crippen LogP contribution in [0.3, 0.4) is 0 Å². The average Bonchev–Trinajstić information content (AvgIpc) is 3.28. The molecular weight excluding hydrogens is 583 g/mol. The van der Waals surface area contributed by atoms with Crippen molar-refractivity contribution in [2.45, 2.75) is 12.9 Å². The van der Waals surface area contributed by atoms with E-state index in [0.717, 1.165) is 25.0 Å². The van der Waals surface area contributed by atoms with Gasteiger partial charge in [-0.1, -0.05) is 11.6 Å². The zero-order valence-electron chi connectivity index (χ0n) is 23.2. The Morgan fingerprint density at radius 2 is 1.93 bits per heavy atom. The first-order valence-electron chi connectivity index (χ1n) is 13.0. The Labute approximate surface area is 243 Å². The topological polar surface area (TPSA) is 89.9 Å². The van der Waals surface area contributed by atoms with Crippen LogP contribution >= 0.6 is 21.6 Å². The van der Waals surface area contributed by atoms with Crippen LogP contribution in [0.4, 0.5) is 23.7 Å². The molecule has 0 saturated carbocycles. The van der Waals surface area contributed by atoms with Crippen LogP contribution in [0, 0.1) is 0 Å². The molecule has 2 amide bonds. The number of hydrogen-bond acceptors (Lipinski definition) is 6. The molecule has 1 aromatic carbocycles. The second kappa shape index (κ2) is 13.5. The summed E-state index contributed by atoms with van der Waals surface area (Å²) in [5.74, 6) is 0.908. The van der Waals surface area contributed by atoms with Crippen LogP contribution in [0.2, 0.25) is 5.02 Å². The van der Waals surface area contributed by atoms with Crippen molar-refractivity contribution in [2.24, 2.45) is 0 Å². The highest BCUT2D eigenvalue weighted by molar-refractivity contribution is 8.32. The molecule has 0 atom stereocenters. The third-order valence-corrected chi connectivity index (χ3v) is 8.01. The molecule has 0 bridgehead atoms. The van der Waals surface area contributed by atoms with Gasteiger partial charge in [-0.15, -0.1) is 0 Å². The van der Waals surface area contributed by atoms with Gasteiger partial charge in [0.05, 0.1) is 35.8 Å². The number of fused-ring (bicyclic) bond motifs is 1. The van der Waals surface area contributed by atoms with Crippen LogP contribution in [0.15, 0.2) is 36.7 Å². The van der Waals surface area contributed by atoms with Crippen LogP contribution in [0.1, 0.15) is 5.56 Å². The standard InChI is InChI=1S/C27H35ClF3N5O4S/c1-41(2,3)15-14-39-18-36-17-20(27(29,30)31)24-23(6-7-32-25(24)36)40-22-5-4-19(16-21(22)28)34-26(37)33-8-9-35-10-12-38-13-11-35/h4-7,16-17H,8-15,18H2,1-3H3,(H2,33,34,37). The third kappa shape index (κ3) is 8.89. The number of hydrogen-bond donors (Lipinski definition) is 2. The van der Waals surface area contributed by atoms with E-state index in [1.54, 1.807) is 6.07 Å². The number of aromatic nitrogens is 2. The molecule has 4 rings (SSSR count). The predicted molar refractivity (Wildman–Crippen MR) is 157 cm³/mol. The molecular formula is C27H35ClF3N5O4S. The molecule has 0 unspecified atom stereocenters. The molecule has 0 aliphatic carbocycles. The van der Waals surface area contributed by atoms with Crippen molar-refractivity contribution >= 4 is 44.4 Å². The number of nitrogens with zero attached hydrogens (tertiary/aromatic N) is 3. The second-order valence-corrected chi connectivity index (χ2v) is 15.4. The molecule has 1 fully saturated rings. The molecule has 9 nitrogen and oxygen atoms in total. The Hall–Kier alpha value is -2.71. The fourth-order valence-corrected chi connectivity index (χ4v) is 5.00. The van der Waals surface area contributed by atoms with Gasteiger partial charge >= 0.3 is 12.2 Å². The summed E-state index contributed by atoms with van der Waals surface area (Å²) in [5.41, 5.74) is -0.396. The molecule has 3 aromatic rings. The lowest BCUT2D eigenvalue weighted by Crippen LogP contribution is -2.42. The van der Waals surface area contributed by atoms with Crippen molar-refractivity contribution in [3.05, 3.63) is 47.2 Å². The van der Waals surface area contributed by atoms with Crippen molar-refractivity contribution in [3.63, 3.8) is 0 Å². The molecule has 1 aliphatic rings. The maximum Gasteiger partial charge on any atom is 0.418 e. The number of carbonyl (C=O) groups excluding carboxylic acids is 1. The first-order chi connectivity index (χ1) is 19.4. The fraction of sp³-hybridized carbons (Fsp3) is 0.481. The highest BCUT2D eigenvalue weighted by Crippen LogP contribution is 2.42. The summed E-state index contributed by atoms with van der Waals surface area (Å²) in [6, 6.07) is 5.47. The summed E-state index contributed by atoms with van der Waals surface area (Å²) >= 11 is 6.40. The van der Waals surface area contributed by atoms with E-state index in [4.69, 9.17) is 25.8 Å². The van der Waals surface area contributed by atoms with Crippen molar-refractivity contribution in [2.75, 3.05) is 75.8 Å². The van der Waals surface area contributed by atoms with Gasteiger partial charge in [-0.05, 0) is 43.0 Å². The Balaban J connectivity index is 1.45. The molecule has 2 N–H and O–H groups in total. The average molecular weight is 618 g/mol. The number of rotatable bonds is 11. The van der Waals surface area contributed by atoms with Gasteiger partial charge in [-0.3, -0.25) is 4.90 Å². The number of morpholine rings is 1. The van der Waals surface area contributed by atoms with Crippen molar-refractivity contribution < 1.29 is 32.2 Å². The van der Waals surface area contributed by atoms with Crippen LogP contribution in [-0.4, -0.2) is 91.0 Å². The van der Waals surface area contributed by atoms with Gasteiger partial charge in [-0.2, -0.15) is 13.2 Å². The van der Waals surface area contributed by atoms with Crippen LogP contribution in [0.5, 0.6) is 11.5 Å². The number of nitrogens with one attached hydrogen (secondary N) is 2. The maximum atomic E-state index is 14.0. The zero-order chi connectivity index (χ0) is 29.6. The lowest BCUT2D eigenvalue weighted by Gasteiger charge is -2.26. The van der Waals surface area contributed by atoms with E-state index < -0.39 is 27.8 Å². The number of urea groups is 1. The number of alkyl halides is 3. The Bertz CT molecular complexity index is 1340. The fourth-order valence-electron chi connectivity index (χ4n) is 4.16. The van der Waals surface area contributed by atoms with Gasteiger partial charge in [0, 0.05) is 50.0 Å². The summed E-state index contributed by atoms with van der Waals surface area (Å²) in [5, 5.41) is 5.41. The summed E-state index contributed by atoms with van der Waals surface area (Å²) in [6.07, 6.45) is 4.15. The van der Waals surface area contributed by atoms with Crippen LogP contribution in [-0.2, 0) is 22.4 Å². The summed E-state index contributed by atoms with van der Waals surface area (Å²) in [7, 11) is -0.798. The van der Waals surface area contributed by atoms with Gasteiger partial charge in [0.2, 0.25) is 0 Å². The highest BCUT2D eigenvalue weighted by atomic mass is 35.5. The quantitative estimate of drug-likeness (QED) is 0.272. The molecule has 41 heavy (non-hydrogen) atoms. The van der Waals surface area contributed by atoms with E-state index in [2.05, 4.69) is 39.3 Å². The number of benzene rings is 1. The van der Waals surface area contributed by atoms with Crippen LogP contribution < -0.4 is 15.4 Å². The van der Waals surface area contributed by atoms with Gasteiger partial charge in [0.15, 0.2) is 0 Å². The van der Waals surface area contributed by atoms with Gasteiger partial charge < -0.3 is 29.4 Å². The maximum absolute atomic E-state index is 14.0. The summed E-state index contributed by atoms with van der Waals surface area (Å²) in [4.78, 5) is 18.7. The smallest absolute Gasteiger partial charge is 0.418 e. The zero-order valence-corrected chi connectivity index (χ0v) is 24.8. The minimum Gasteiger partial charge on any atom is -0.455 e. The first kappa shape index (κ1) is 31.2. The van der Waals surface area contributed by atoms with Gasteiger partial charge in [0.1, 0.15) is 23.9 Å². The molecule has 226 valence electrons. The van der Waals surface area contributed by atoms with E-state index in [9.17, 15) is 18.0 Å². The van der Waals surface area contributed by atoms with Crippen LogP contribution in [0.25, 0.3) is 11.0 Å². The van der Waals surface area contributed by atoms with Gasteiger partial charge in [-0.25, -0.2) is 19.8 Å². The van der Waals surface area contributed by atoms with E-state index in [0.29, 0.717) is 38.6 Å². The lowest BCUT2D eigenvalue weighted by atomic mass is 10.2. The van der Waals surface area contributed by atoms with Crippen molar-refractivity contribution in [3.8, 4) is 11.5 Å². The normalized spacial score (nSPS) is 15.2. The van der Waals surface area contributed by atoms with Gasteiger partial charge in [0.25, 0.3) is 0 Å². The minimum atomic E-state index is -4.65. The number of ether oxygens (including phenoxy) is 3. The van der Waals surface area contributed by atoms with E-state index in [-0.39, 0.29) is 34.3 Å². The lowest BCUT2D eigenvalue weighted by molar-refractivity contribution is -0.136. The van der Waals surface area contributed by atoms with Crippen molar-refractivity contribution in [1.82, 2.24) is 19.8 Å². The number of carbonyl (C=O) groups is 1. The number of anilines is 1.